The summed E-state index contributed by atoms with van der Waals surface area (Å²) in [5.41, 5.74) is 0.850. The SMILES string of the molecule is COc1cc(O)c2c(O)c3c(cc2c1)C[C@H](C)OC3=O. The zero-order valence-corrected chi connectivity index (χ0v) is 11.1. The molecule has 104 valence electrons. The highest BCUT2D eigenvalue weighted by atomic mass is 16.5. The summed E-state index contributed by atoms with van der Waals surface area (Å²) >= 11 is 0. The highest BCUT2D eigenvalue weighted by molar-refractivity contribution is 6.05. The number of ether oxygens (including phenoxy) is 2. The number of cyclic esters (lactones) is 1. The fourth-order valence-electron chi connectivity index (χ4n) is 2.63. The quantitative estimate of drug-likeness (QED) is 0.781. The van der Waals surface area contributed by atoms with E-state index < -0.39 is 5.97 Å². The molecule has 1 aliphatic rings. The van der Waals surface area contributed by atoms with Crippen molar-refractivity contribution in [3.63, 3.8) is 0 Å². The molecule has 5 heteroatoms. The fourth-order valence-corrected chi connectivity index (χ4v) is 2.63. The van der Waals surface area contributed by atoms with E-state index in [9.17, 15) is 15.0 Å². The average molecular weight is 274 g/mol. The number of benzene rings is 2. The Morgan fingerprint density at radius 2 is 2.05 bits per heavy atom. The van der Waals surface area contributed by atoms with Gasteiger partial charge in [-0.2, -0.15) is 0 Å². The smallest absolute Gasteiger partial charge is 0.342 e. The Bertz CT molecular complexity index is 720. The largest absolute Gasteiger partial charge is 0.507 e. The second kappa shape index (κ2) is 4.30. The van der Waals surface area contributed by atoms with Gasteiger partial charge in [-0.1, -0.05) is 0 Å². The zero-order valence-electron chi connectivity index (χ0n) is 11.1. The summed E-state index contributed by atoms with van der Waals surface area (Å²) in [7, 11) is 1.50. The number of esters is 1. The Hall–Kier alpha value is -2.43. The molecule has 0 amide bonds. The summed E-state index contributed by atoms with van der Waals surface area (Å²) in [6.45, 7) is 1.80. The summed E-state index contributed by atoms with van der Waals surface area (Å²) in [5.74, 6) is -0.449. The van der Waals surface area contributed by atoms with Gasteiger partial charge in [0.05, 0.1) is 12.5 Å². The molecule has 1 heterocycles. The molecule has 2 N–H and O–H groups in total. The lowest BCUT2D eigenvalue weighted by Crippen LogP contribution is -2.25. The molecule has 0 spiro atoms. The molecule has 2 aromatic rings. The average Bonchev–Trinajstić information content (AvgIpc) is 2.36. The van der Waals surface area contributed by atoms with Crippen LogP contribution >= 0.6 is 0 Å². The third-order valence-electron chi connectivity index (χ3n) is 3.50. The van der Waals surface area contributed by atoms with E-state index in [-0.39, 0.29) is 28.6 Å². The van der Waals surface area contributed by atoms with Crippen molar-refractivity contribution < 1.29 is 24.5 Å². The van der Waals surface area contributed by atoms with Gasteiger partial charge in [0.2, 0.25) is 0 Å². The summed E-state index contributed by atoms with van der Waals surface area (Å²) in [5, 5.41) is 21.2. The van der Waals surface area contributed by atoms with E-state index in [1.807, 2.05) is 0 Å². The molecule has 5 nitrogen and oxygen atoms in total. The van der Waals surface area contributed by atoms with Gasteiger partial charge in [-0.05, 0) is 30.0 Å². The van der Waals surface area contributed by atoms with Crippen LogP contribution in [0.5, 0.6) is 17.2 Å². The number of carbonyl (C=O) groups is 1. The first-order chi connectivity index (χ1) is 9.51. The van der Waals surface area contributed by atoms with E-state index in [0.29, 0.717) is 23.1 Å². The molecule has 0 bridgehead atoms. The molecule has 20 heavy (non-hydrogen) atoms. The molecule has 0 aliphatic carbocycles. The molecule has 2 aromatic carbocycles. The van der Waals surface area contributed by atoms with Gasteiger partial charge >= 0.3 is 5.97 Å². The van der Waals surface area contributed by atoms with Gasteiger partial charge in [-0.15, -0.1) is 0 Å². The van der Waals surface area contributed by atoms with Gasteiger partial charge in [-0.3, -0.25) is 0 Å². The Balaban J connectivity index is 2.36. The van der Waals surface area contributed by atoms with Crippen LogP contribution in [0.25, 0.3) is 10.8 Å². The van der Waals surface area contributed by atoms with Gasteiger partial charge in [0.15, 0.2) is 0 Å². The van der Waals surface area contributed by atoms with Crippen LogP contribution in [0.1, 0.15) is 22.8 Å². The van der Waals surface area contributed by atoms with E-state index in [2.05, 4.69) is 0 Å². The minimum Gasteiger partial charge on any atom is -0.507 e. The number of hydrogen-bond acceptors (Lipinski definition) is 5. The van der Waals surface area contributed by atoms with E-state index in [0.717, 1.165) is 0 Å². The number of hydrogen-bond donors (Lipinski definition) is 2. The summed E-state index contributed by atoms with van der Waals surface area (Å²) in [6, 6.07) is 4.88. The van der Waals surface area contributed by atoms with Crippen LogP contribution in [0.3, 0.4) is 0 Å². The van der Waals surface area contributed by atoms with Crippen LogP contribution in [0.15, 0.2) is 18.2 Å². The standard InChI is InChI=1S/C15H14O5/c1-7-3-8-4-9-5-10(19-2)6-11(16)12(9)14(17)13(8)15(18)20-7/h4-7,16-17H,3H2,1-2H3/t7-/m0/s1. The van der Waals surface area contributed by atoms with Crippen LogP contribution in [0.4, 0.5) is 0 Å². The number of phenolic OH excluding ortho intramolecular Hbond substituents is 2. The molecule has 1 aliphatic heterocycles. The van der Waals surface area contributed by atoms with Gasteiger partial charge in [-0.25, -0.2) is 4.79 Å². The maximum atomic E-state index is 11.9. The van der Waals surface area contributed by atoms with Crippen LogP contribution in [-0.4, -0.2) is 29.4 Å². The van der Waals surface area contributed by atoms with Gasteiger partial charge in [0.1, 0.15) is 28.9 Å². The van der Waals surface area contributed by atoms with Crippen molar-refractivity contribution in [2.24, 2.45) is 0 Å². The normalized spacial score (nSPS) is 17.7. The minimum absolute atomic E-state index is 0.133. The predicted octanol–water partition coefficient (Wildman–Crippen LogP) is 2.36. The number of carbonyl (C=O) groups excluding carboxylic acids is 1. The molecule has 0 aromatic heterocycles. The Kier molecular flexibility index (Phi) is 2.71. The Labute approximate surface area is 115 Å². The molecule has 0 fully saturated rings. The monoisotopic (exact) mass is 274 g/mol. The van der Waals surface area contributed by atoms with Crippen LogP contribution < -0.4 is 4.74 Å². The van der Waals surface area contributed by atoms with Crippen molar-refractivity contribution in [2.45, 2.75) is 19.4 Å². The molecule has 0 unspecified atom stereocenters. The van der Waals surface area contributed by atoms with Gasteiger partial charge in [0, 0.05) is 12.5 Å². The summed E-state index contributed by atoms with van der Waals surface area (Å²) in [6.07, 6.45) is 0.300. The molecule has 0 saturated carbocycles. The maximum Gasteiger partial charge on any atom is 0.342 e. The van der Waals surface area contributed by atoms with Crippen LogP contribution in [-0.2, 0) is 11.2 Å². The highest BCUT2D eigenvalue weighted by Gasteiger charge is 2.29. The number of rotatable bonds is 1. The first-order valence-electron chi connectivity index (χ1n) is 6.27. The van der Waals surface area contributed by atoms with Gasteiger partial charge < -0.3 is 19.7 Å². The summed E-state index contributed by atoms with van der Waals surface area (Å²) in [4.78, 5) is 11.9. The van der Waals surface area contributed by atoms with Crippen molar-refractivity contribution in [3.05, 3.63) is 29.3 Å². The van der Waals surface area contributed by atoms with Crippen molar-refractivity contribution in [1.82, 2.24) is 0 Å². The van der Waals surface area contributed by atoms with Crippen LogP contribution in [0.2, 0.25) is 0 Å². The van der Waals surface area contributed by atoms with E-state index in [4.69, 9.17) is 9.47 Å². The maximum absolute atomic E-state index is 11.9. The van der Waals surface area contributed by atoms with Crippen molar-refractivity contribution in [3.8, 4) is 17.2 Å². The zero-order chi connectivity index (χ0) is 14.4. The molecule has 0 saturated heterocycles. The number of fused-ring (bicyclic) bond motifs is 2. The molecule has 1 atom stereocenters. The number of methoxy groups -OCH3 is 1. The third kappa shape index (κ3) is 1.74. The van der Waals surface area contributed by atoms with Crippen LogP contribution in [0, 0.1) is 0 Å². The summed E-state index contributed by atoms with van der Waals surface area (Å²) < 4.78 is 10.2. The number of phenols is 2. The van der Waals surface area contributed by atoms with Crippen molar-refractivity contribution in [2.75, 3.05) is 7.11 Å². The predicted molar refractivity (Wildman–Crippen MR) is 72.4 cm³/mol. The lowest BCUT2D eigenvalue weighted by molar-refractivity contribution is 0.0298. The van der Waals surface area contributed by atoms with Crippen molar-refractivity contribution in [1.29, 1.82) is 0 Å². The topological polar surface area (TPSA) is 76.0 Å². The van der Waals surface area contributed by atoms with Gasteiger partial charge in [0.25, 0.3) is 0 Å². The fraction of sp³-hybridized carbons (Fsp3) is 0.267. The molecular weight excluding hydrogens is 260 g/mol. The Morgan fingerprint density at radius 1 is 1.30 bits per heavy atom. The second-order valence-corrected chi connectivity index (χ2v) is 4.92. The highest BCUT2D eigenvalue weighted by Crippen LogP contribution is 2.41. The van der Waals surface area contributed by atoms with E-state index in [1.165, 1.54) is 13.2 Å². The first-order valence-corrected chi connectivity index (χ1v) is 6.27. The second-order valence-electron chi connectivity index (χ2n) is 4.92. The molecular formula is C15H14O5. The third-order valence-corrected chi connectivity index (χ3v) is 3.50. The first kappa shape index (κ1) is 12.6. The van der Waals surface area contributed by atoms with E-state index in [1.54, 1.807) is 19.1 Å². The van der Waals surface area contributed by atoms with Crippen molar-refractivity contribution >= 4 is 16.7 Å². The lowest BCUT2D eigenvalue weighted by Gasteiger charge is -2.23. The molecule has 3 rings (SSSR count). The number of aromatic hydroxyl groups is 2. The van der Waals surface area contributed by atoms with E-state index >= 15 is 0 Å². The Morgan fingerprint density at radius 3 is 2.75 bits per heavy atom. The lowest BCUT2D eigenvalue weighted by atomic mass is 9.93. The minimum atomic E-state index is -0.562. The molecule has 0 radical (unpaired) electrons.